The molecule has 0 aliphatic heterocycles. The van der Waals surface area contributed by atoms with Gasteiger partial charge in [0.1, 0.15) is 11.3 Å². The van der Waals surface area contributed by atoms with Crippen molar-refractivity contribution in [2.24, 2.45) is 11.8 Å². The van der Waals surface area contributed by atoms with E-state index in [1.54, 1.807) is 32.0 Å². The van der Waals surface area contributed by atoms with Gasteiger partial charge >= 0.3 is 17.8 Å². The Labute approximate surface area is 227 Å². The van der Waals surface area contributed by atoms with Crippen LogP contribution in [0.15, 0.2) is 51.7 Å². The van der Waals surface area contributed by atoms with Crippen molar-refractivity contribution in [3.63, 3.8) is 0 Å². The summed E-state index contributed by atoms with van der Waals surface area (Å²) in [5.41, 5.74) is 3.39. The smallest absolute Gasteiger partial charge is 0.389 e. The molecule has 0 amide bonds. The van der Waals surface area contributed by atoms with Gasteiger partial charge in [-0.15, -0.1) is 0 Å². The highest BCUT2D eigenvalue weighted by Gasteiger charge is 2.33. The number of carbonyl (C=O) groups is 1. The molecule has 0 saturated heterocycles. The van der Waals surface area contributed by atoms with Crippen molar-refractivity contribution in [3.8, 4) is 16.9 Å². The molecule has 0 bridgehead atoms. The third-order valence-corrected chi connectivity index (χ3v) is 6.56. The average molecular weight is 547 g/mol. The van der Waals surface area contributed by atoms with Gasteiger partial charge in [0.2, 0.25) is 0 Å². The minimum Gasteiger partial charge on any atom is -0.493 e. The molecule has 3 rings (SSSR count). The Hall–Kier alpha value is -3.29. The zero-order valence-corrected chi connectivity index (χ0v) is 23.0. The van der Waals surface area contributed by atoms with E-state index in [-0.39, 0.29) is 17.9 Å². The molecule has 0 fully saturated rings. The van der Waals surface area contributed by atoms with Gasteiger partial charge in [-0.3, -0.25) is 4.79 Å². The summed E-state index contributed by atoms with van der Waals surface area (Å²) in [7, 11) is 0. The quantitative estimate of drug-likeness (QED) is 0.124. The molecule has 2 aromatic carbocycles. The van der Waals surface area contributed by atoms with Crippen molar-refractivity contribution >= 4 is 16.9 Å². The summed E-state index contributed by atoms with van der Waals surface area (Å²) in [6.07, 6.45) is -0.352. The third kappa shape index (κ3) is 8.87. The van der Waals surface area contributed by atoms with Gasteiger partial charge in [-0.1, -0.05) is 58.7 Å². The summed E-state index contributed by atoms with van der Waals surface area (Å²) in [4.78, 5) is 24.7. The van der Waals surface area contributed by atoms with Crippen LogP contribution in [0.4, 0.5) is 13.2 Å². The first-order chi connectivity index (χ1) is 18.5. The largest absolute Gasteiger partial charge is 0.493 e. The van der Waals surface area contributed by atoms with Crippen LogP contribution in [0.1, 0.15) is 64.5 Å². The summed E-state index contributed by atoms with van der Waals surface area (Å²) in [6, 6.07) is 12.8. The second kappa shape index (κ2) is 13.7. The maximum Gasteiger partial charge on any atom is 0.389 e. The zero-order valence-electron chi connectivity index (χ0n) is 23.0. The average Bonchev–Trinajstić information content (AvgIpc) is 2.88. The monoisotopic (exact) mass is 546 g/mol. The first-order valence-corrected chi connectivity index (χ1v) is 13.6. The molecule has 5 nitrogen and oxygen atoms in total. The Morgan fingerprint density at radius 1 is 0.974 bits per heavy atom. The lowest BCUT2D eigenvalue weighted by Gasteiger charge is -2.20. The number of benzene rings is 2. The minimum atomic E-state index is -4.43. The number of esters is 1. The second-order valence-electron chi connectivity index (χ2n) is 10.2. The molecule has 1 heterocycles. The van der Waals surface area contributed by atoms with E-state index >= 15 is 0 Å². The lowest BCUT2D eigenvalue weighted by atomic mass is 9.94. The number of rotatable bonds is 13. The molecule has 1 atom stereocenters. The van der Waals surface area contributed by atoms with Crippen LogP contribution in [-0.4, -0.2) is 25.4 Å². The zero-order chi connectivity index (χ0) is 28.6. The Morgan fingerprint density at radius 3 is 2.41 bits per heavy atom. The van der Waals surface area contributed by atoms with Gasteiger partial charge in [0.25, 0.3) is 0 Å². The highest BCUT2D eigenvalue weighted by Crippen LogP contribution is 2.29. The van der Waals surface area contributed by atoms with Crippen molar-refractivity contribution in [3.05, 3.63) is 64.0 Å². The fourth-order valence-electron chi connectivity index (χ4n) is 4.38. The lowest BCUT2D eigenvalue weighted by molar-refractivity contribution is -0.162. The van der Waals surface area contributed by atoms with Crippen molar-refractivity contribution in [1.82, 2.24) is 0 Å². The fraction of sp³-hybridized carbons (Fsp3) is 0.484. The van der Waals surface area contributed by atoms with Crippen LogP contribution in [0, 0.1) is 11.8 Å². The van der Waals surface area contributed by atoms with E-state index in [0.717, 1.165) is 36.8 Å². The molecule has 39 heavy (non-hydrogen) atoms. The molecule has 0 spiro atoms. The van der Waals surface area contributed by atoms with Crippen LogP contribution >= 0.6 is 0 Å². The van der Waals surface area contributed by atoms with Gasteiger partial charge in [0.15, 0.2) is 0 Å². The predicted octanol–water partition coefficient (Wildman–Crippen LogP) is 7.90. The van der Waals surface area contributed by atoms with Gasteiger partial charge in [-0.25, -0.2) is 4.79 Å². The molecule has 0 radical (unpaired) electrons. The number of carbonyl (C=O) groups excluding carboxylic acids is 1. The van der Waals surface area contributed by atoms with E-state index in [4.69, 9.17) is 13.9 Å². The van der Waals surface area contributed by atoms with E-state index in [0.29, 0.717) is 10.9 Å². The Morgan fingerprint density at radius 2 is 1.74 bits per heavy atom. The summed E-state index contributed by atoms with van der Waals surface area (Å²) in [6.45, 7) is 6.73. The number of fused-ring (bicyclic) bond motifs is 1. The number of aryl methyl sites for hydroxylation is 2. The topological polar surface area (TPSA) is 65.7 Å². The SMILES string of the molecule is CCCCCc1ccc(-c2cc3ccc(OCC(COC(=O)C(C)C)CC(F)(F)F)cc3oc2=O)c(CC)c1. The molecule has 1 aromatic heterocycles. The molecule has 0 aliphatic carbocycles. The van der Waals surface area contributed by atoms with Crippen LogP contribution in [-0.2, 0) is 22.4 Å². The summed E-state index contributed by atoms with van der Waals surface area (Å²) in [5, 5.41) is 0.670. The fourth-order valence-corrected chi connectivity index (χ4v) is 4.38. The number of ether oxygens (including phenoxy) is 2. The number of halogens is 3. The van der Waals surface area contributed by atoms with E-state index < -0.39 is 42.6 Å². The number of hydrogen-bond acceptors (Lipinski definition) is 5. The molecule has 8 heteroatoms. The van der Waals surface area contributed by atoms with Gasteiger partial charge in [0.05, 0.1) is 31.1 Å². The van der Waals surface area contributed by atoms with E-state index in [2.05, 4.69) is 26.0 Å². The molecule has 0 aliphatic rings. The van der Waals surface area contributed by atoms with E-state index in [1.807, 2.05) is 6.07 Å². The summed E-state index contributed by atoms with van der Waals surface area (Å²) in [5.74, 6) is -1.83. The Bertz CT molecular complexity index is 1310. The van der Waals surface area contributed by atoms with Gasteiger partial charge in [0, 0.05) is 17.4 Å². The lowest BCUT2D eigenvalue weighted by Crippen LogP contribution is -2.27. The maximum absolute atomic E-state index is 13.0. The van der Waals surface area contributed by atoms with Crippen LogP contribution in [0.25, 0.3) is 22.1 Å². The van der Waals surface area contributed by atoms with Crippen molar-refractivity contribution in [2.45, 2.75) is 72.4 Å². The predicted molar refractivity (Wildman–Crippen MR) is 146 cm³/mol. The van der Waals surface area contributed by atoms with Crippen LogP contribution in [0.2, 0.25) is 0 Å². The maximum atomic E-state index is 13.0. The second-order valence-corrected chi connectivity index (χ2v) is 10.2. The van der Waals surface area contributed by atoms with Gasteiger partial charge in [-0.05, 0) is 54.2 Å². The molecule has 212 valence electrons. The van der Waals surface area contributed by atoms with Crippen molar-refractivity contribution in [1.29, 1.82) is 0 Å². The number of unbranched alkanes of at least 4 members (excludes halogenated alkanes) is 2. The Kier molecular flexibility index (Phi) is 10.6. The summed E-state index contributed by atoms with van der Waals surface area (Å²) < 4.78 is 55.4. The molecule has 0 saturated carbocycles. The number of alkyl halides is 3. The normalized spacial score (nSPS) is 12.6. The first-order valence-electron chi connectivity index (χ1n) is 13.6. The van der Waals surface area contributed by atoms with Crippen molar-refractivity contribution < 1.29 is 31.9 Å². The molecule has 1 unspecified atom stereocenters. The minimum absolute atomic E-state index is 0.256. The standard InChI is InChI=1S/C31H37F3O5/c1-5-7-8-9-21-10-13-26(23(6-2)14-21)27-15-24-11-12-25(16-28(24)39-30(27)36)37-18-22(17-31(32,33)34)19-38-29(35)20(3)4/h10-16,20,22H,5-9,17-19H2,1-4H3. The summed E-state index contributed by atoms with van der Waals surface area (Å²) >= 11 is 0. The van der Waals surface area contributed by atoms with Gasteiger partial charge in [-0.2, -0.15) is 13.2 Å². The molecular weight excluding hydrogens is 509 g/mol. The Balaban J connectivity index is 1.79. The van der Waals surface area contributed by atoms with E-state index in [1.165, 1.54) is 18.1 Å². The molecule has 3 aromatic rings. The number of hydrogen-bond donors (Lipinski definition) is 0. The van der Waals surface area contributed by atoms with Crippen LogP contribution in [0.3, 0.4) is 0 Å². The highest BCUT2D eigenvalue weighted by molar-refractivity contribution is 5.83. The van der Waals surface area contributed by atoms with Crippen LogP contribution < -0.4 is 10.4 Å². The first kappa shape index (κ1) is 30.3. The van der Waals surface area contributed by atoms with Gasteiger partial charge < -0.3 is 13.9 Å². The van der Waals surface area contributed by atoms with Crippen molar-refractivity contribution in [2.75, 3.05) is 13.2 Å². The molecular formula is C31H37F3O5. The third-order valence-electron chi connectivity index (χ3n) is 6.56. The van der Waals surface area contributed by atoms with Crippen LogP contribution in [0.5, 0.6) is 5.75 Å². The molecule has 0 N–H and O–H groups in total. The highest BCUT2D eigenvalue weighted by atomic mass is 19.4. The van der Waals surface area contributed by atoms with E-state index in [9.17, 15) is 22.8 Å².